The van der Waals surface area contributed by atoms with Crippen molar-refractivity contribution in [1.82, 2.24) is 15.1 Å². The highest BCUT2D eigenvalue weighted by molar-refractivity contribution is 4.99. The molecule has 0 radical (unpaired) electrons. The number of hydrogen-bond acceptors (Lipinski definition) is 2. The maximum atomic E-state index is 4.62. The smallest absolute Gasteiger partial charge is 0.0762 e. The van der Waals surface area contributed by atoms with Crippen LogP contribution in [0.3, 0.4) is 0 Å². The van der Waals surface area contributed by atoms with Crippen molar-refractivity contribution in [2.45, 2.75) is 71.4 Å². The normalized spacial score (nSPS) is 18.6. The summed E-state index contributed by atoms with van der Waals surface area (Å²) in [6, 6.07) is 2.65. The van der Waals surface area contributed by atoms with Crippen molar-refractivity contribution < 1.29 is 0 Å². The van der Waals surface area contributed by atoms with Crippen LogP contribution in [0.4, 0.5) is 0 Å². The van der Waals surface area contributed by atoms with Gasteiger partial charge in [-0.1, -0.05) is 39.0 Å². The maximum absolute atomic E-state index is 4.62. The Kier molecular flexibility index (Phi) is 5.90. The molecule has 2 rings (SSSR count). The summed E-state index contributed by atoms with van der Waals surface area (Å²) < 4.78 is 2.08. The first kappa shape index (κ1) is 14.6. The van der Waals surface area contributed by atoms with E-state index < -0.39 is 0 Å². The summed E-state index contributed by atoms with van der Waals surface area (Å²) >= 11 is 0. The van der Waals surface area contributed by atoms with Crippen molar-refractivity contribution in [2.24, 2.45) is 5.92 Å². The van der Waals surface area contributed by atoms with E-state index in [1.807, 2.05) is 0 Å². The minimum atomic E-state index is 0.510. The summed E-state index contributed by atoms with van der Waals surface area (Å²) in [5, 5.41) is 8.16. The number of hydrogen-bond donors (Lipinski definition) is 1. The second kappa shape index (κ2) is 7.68. The summed E-state index contributed by atoms with van der Waals surface area (Å²) in [6.45, 7) is 6.47. The Morgan fingerprint density at radius 1 is 1.37 bits per heavy atom. The first-order valence-corrected chi connectivity index (χ1v) is 8.04. The Morgan fingerprint density at radius 3 is 2.89 bits per heavy atom. The third-order valence-corrected chi connectivity index (χ3v) is 4.47. The zero-order valence-electron chi connectivity index (χ0n) is 12.6. The molecule has 19 heavy (non-hydrogen) atoms. The summed E-state index contributed by atoms with van der Waals surface area (Å²) in [7, 11) is 0. The van der Waals surface area contributed by atoms with Gasteiger partial charge in [0.15, 0.2) is 0 Å². The van der Waals surface area contributed by atoms with E-state index in [0.717, 1.165) is 25.4 Å². The van der Waals surface area contributed by atoms with E-state index in [1.165, 1.54) is 44.2 Å². The molecule has 1 atom stereocenters. The highest BCUT2D eigenvalue weighted by Crippen LogP contribution is 2.25. The van der Waals surface area contributed by atoms with Gasteiger partial charge in [0.2, 0.25) is 0 Å². The van der Waals surface area contributed by atoms with Crippen molar-refractivity contribution in [3.8, 4) is 0 Å². The number of nitrogens with one attached hydrogen (secondary N) is 1. The number of rotatable bonds is 7. The molecule has 0 aromatic carbocycles. The molecule has 3 nitrogen and oxygen atoms in total. The maximum Gasteiger partial charge on any atom is 0.0762 e. The minimum Gasteiger partial charge on any atom is -0.311 e. The first-order chi connectivity index (χ1) is 9.29. The summed E-state index contributed by atoms with van der Waals surface area (Å²) in [5.74, 6) is 0.971. The van der Waals surface area contributed by atoms with Gasteiger partial charge in [-0.05, 0) is 38.3 Å². The van der Waals surface area contributed by atoms with Gasteiger partial charge in [-0.15, -0.1) is 0 Å². The van der Waals surface area contributed by atoms with Gasteiger partial charge in [-0.25, -0.2) is 0 Å². The van der Waals surface area contributed by atoms with E-state index in [-0.39, 0.29) is 0 Å². The van der Waals surface area contributed by atoms with Crippen molar-refractivity contribution in [3.05, 3.63) is 18.0 Å². The zero-order valence-corrected chi connectivity index (χ0v) is 12.6. The lowest BCUT2D eigenvalue weighted by atomic mass is 9.87. The molecule has 1 aliphatic carbocycles. The van der Waals surface area contributed by atoms with Crippen LogP contribution < -0.4 is 5.32 Å². The van der Waals surface area contributed by atoms with Crippen LogP contribution in [0.5, 0.6) is 0 Å². The quantitative estimate of drug-likeness (QED) is 0.756. The molecule has 1 unspecified atom stereocenters. The van der Waals surface area contributed by atoms with Gasteiger partial charge in [-0.2, -0.15) is 5.10 Å². The Labute approximate surface area is 117 Å². The lowest BCUT2D eigenvalue weighted by Crippen LogP contribution is -2.19. The summed E-state index contributed by atoms with van der Waals surface area (Å²) in [5.41, 5.74) is 1.17. The molecule has 1 aliphatic rings. The first-order valence-electron chi connectivity index (χ1n) is 8.04. The fraction of sp³-hybridized carbons (Fsp3) is 0.812. The van der Waals surface area contributed by atoms with Crippen molar-refractivity contribution in [3.63, 3.8) is 0 Å². The predicted molar refractivity (Wildman–Crippen MR) is 80.1 cm³/mol. The third kappa shape index (κ3) is 4.64. The molecular formula is C16H29N3. The molecule has 3 heteroatoms. The Bertz CT molecular complexity index is 353. The molecule has 1 heterocycles. The van der Waals surface area contributed by atoms with E-state index in [1.54, 1.807) is 0 Å². The van der Waals surface area contributed by atoms with Gasteiger partial charge >= 0.3 is 0 Å². The zero-order chi connectivity index (χ0) is 13.5. The van der Waals surface area contributed by atoms with Crippen LogP contribution in [0.2, 0.25) is 0 Å². The van der Waals surface area contributed by atoms with E-state index in [4.69, 9.17) is 0 Å². The predicted octanol–water partition coefficient (Wildman–Crippen LogP) is 3.91. The highest BCUT2D eigenvalue weighted by atomic mass is 15.3. The Balaban J connectivity index is 1.63. The summed E-state index contributed by atoms with van der Waals surface area (Å²) in [4.78, 5) is 0. The molecule has 1 saturated carbocycles. The van der Waals surface area contributed by atoms with E-state index >= 15 is 0 Å². The lowest BCUT2D eigenvalue weighted by molar-refractivity contribution is 0.333. The molecule has 0 aliphatic heterocycles. The van der Waals surface area contributed by atoms with Crippen LogP contribution in [0.15, 0.2) is 12.3 Å². The SMILES string of the molecule is CCC(C)n1ccc(CNCCC2CCCCC2)n1. The standard InChI is InChI=1S/C16H29N3/c1-3-14(2)19-12-10-16(18-19)13-17-11-9-15-7-5-4-6-8-15/h10,12,14-15,17H,3-9,11,13H2,1-2H3. The number of nitrogens with zero attached hydrogens (tertiary/aromatic N) is 2. The van der Waals surface area contributed by atoms with Crippen LogP contribution in [0.1, 0.15) is 70.5 Å². The van der Waals surface area contributed by atoms with E-state index in [0.29, 0.717) is 6.04 Å². The molecule has 1 aromatic heterocycles. The van der Waals surface area contributed by atoms with Crippen LogP contribution in [0.25, 0.3) is 0 Å². The fourth-order valence-electron chi connectivity index (χ4n) is 2.90. The Morgan fingerprint density at radius 2 is 2.16 bits per heavy atom. The number of aromatic nitrogens is 2. The molecule has 0 bridgehead atoms. The molecule has 0 spiro atoms. The van der Waals surface area contributed by atoms with Gasteiger partial charge in [0.25, 0.3) is 0 Å². The molecule has 1 aromatic rings. The average Bonchev–Trinajstić information content (AvgIpc) is 2.93. The monoisotopic (exact) mass is 263 g/mol. The topological polar surface area (TPSA) is 29.9 Å². The molecule has 1 fully saturated rings. The van der Waals surface area contributed by atoms with Crippen molar-refractivity contribution in [2.75, 3.05) is 6.54 Å². The van der Waals surface area contributed by atoms with Gasteiger partial charge in [0.05, 0.1) is 5.69 Å². The third-order valence-electron chi connectivity index (χ3n) is 4.47. The van der Waals surface area contributed by atoms with E-state index in [9.17, 15) is 0 Å². The summed E-state index contributed by atoms with van der Waals surface area (Å²) in [6.07, 6.45) is 11.8. The van der Waals surface area contributed by atoms with Gasteiger partial charge in [-0.3, -0.25) is 4.68 Å². The average molecular weight is 263 g/mol. The molecule has 0 amide bonds. The van der Waals surface area contributed by atoms with Crippen LogP contribution in [-0.4, -0.2) is 16.3 Å². The molecule has 108 valence electrons. The minimum absolute atomic E-state index is 0.510. The largest absolute Gasteiger partial charge is 0.311 e. The van der Waals surface area contributed by atoms with Crippen molar-refractivity contribution >= 4 is 0 Å². The highest BCUT2D eigenvalue weighted by Gasteiger charge is 2.12. The van der Waals surface area contributed by atoms with Gasteiger partial charge < -0.3 is 5.32 Å². The van der Waals surface area contributed by atoms with Gasteiger partial charge in [0, 0.05) is 18.8 Å². The Hall–Kier alpha value is -0.830. The second-order valence-corrected chi connectivity index (χ2v) is 6.01. The molecule has 0 saturated heterocycles. The second-order valence-electron chi connectivity index (χ2n) is 6.01. The van der Waals surface area contributed by atoms with E-state index in [2.05, 4.69) is 41.2 Å². The van der Waals surface area contributed by atoms with Crippen LogP contribution >= 0.6 is 0 Å². The van der Waals surface area contributed by atoms with Gasteiger partial charge in [0.1, 0.15) is 0 Å². The lowest BCUT2D eigenvalue weighted by Gasteiger charge is -2.21. The fourth-order valence-corrected chi connectivity index (χ4v) is 2.90. The van der Waals surface area contributed by atoms with Crippen LogP contribution in [0, 0.1) is 5.92 Å². The molecule has 1 N–H and O–H groups in total. The van der Waals surface area contributed by atoms with Crippen molar-refractivity contribution in [1.29, 1.82) is 0 Å². The molecular weight excluding hydrogens is 234 g/mol. The van der Waals surface area contributed by atoms with Crippen LogP contribution in [-0.2, 0) is 6.54 Å².